The molecule has 2 fully saturated rings. The highest BCUT2D eigenvalue weighted by Crippen LogP contribution is 2.36. The van der Waals surface area contributed by atoms with Crippen LogP contribution in [-0.2, 0) is 0 Å². The van der Waals surface area contributed by atoms with E-state index >= 15 is 0 Å². The van der Waals surface area contributed by atoms with Crippen molar-refractivity contribution in [1.29, 1.82) is 0 Å². The summed E-state index contributed by atoms with van der Waals surface area (Å²) in [6, 6.07) is 0.589. The van der Waals surface area contributed by atoms with Crippen molar-refractivity contribution >= 4 is 0 Å². The molecule has 18 heavy (non-hydrogen) atoms. The van der Waals surface area contributed by atoms with Crippen LogP contribution in [0.4, 0.5) is 0 Å². The van der Waals surface area contributed by atoms with Crippen molar-refractivity contribution in [2.24, 2.45) is 23.6 Å². The molecule has 1 atom stereocenters. The van der Waals surface area contributed by atoms with Gasteiger partial charge in [-0.15, -0.1) is 0 Å². The van der Waals surface area contributed by atoms with Crippen LogP contribution in [0, 0.1) is 17.8 Å². The molecule has 0 heterocycles. The van der Waals surface area contributed by atoms with Crippen molar-refractivity contribution in [1.82, 2.24) is 5.43 Å². The normalized spacial score (nSPS) is 32.3. The van der Waals surface area contributed by atoms with Crippen LogP contribution in [0.25, 0.3) is 0 Å². The Hall–Kier alpha value is -0.0800. The van der Waals surface area contributed by atoms with E-state index in [-0.39, 0.29) is 0 Å². The van der Waals surface area contributed by atoms with E-state index in [1.54, 1.807) is 0 Å². The molecule has 0 aromatic carbocycles. The van der Waals surface area contributed by atoms with Crippen molar-refractivity contribution in [3.05, 3.63) is 0 Å². The summed E-state index contributed by atoms with van der Waals surface area (Å²) in [6.07, 6.45) is 15.6. The van der Waals surface area contributed by atoms with Crippen molar-refractivity contribution in [3.63, 3.8) is 0 Å². The Balaban J connectivity index is 1.77. The molecule has 0 aromatic rings. The first kappa shape index (κ1) is 14.3. The maximum absolute atomic E-state index is 5.84. The summed E-state index contributed by atoms with van der Waals surface area (Å²) < 4.78 is 0. The van der Waals surface area contributed by atoms with Gasteiger partial charge in [0.25, 0.3) is 0 Å². The predicted octanol–water partition coefficient (Wildman–Crippen LogP) is 4.01. The van der Waals surface area contributed by atoms with Gasteiger partial charge >= 0.3 is 0 Å². The molecule has 2 heteroatoms. The maximum atomic E-state index is 5.84. The first-order valence-corrected chi connectivity index (χ1v) is 8.29. The van der Waals surface area contributed by atoms with E-state index in [9.17, 15) is 0 Å². The largest absolute Gasteiger partial charge is 0.271 e. The molecule has 2 aliphatic rings. The molecule has 2 saturated carbocycles. The van der Waals surface area contributed by atoms with Crippen LogP contribution in [0.5, 0.6) is 0 Å². The first-order valence-electron chi connectivity index (χ1n) is 8.29. The van der Waals surface area contributed by atoms with Gasteiger partial charge in [0.1, 0.15) is 0 Å². The van der Waals surface area contributed by atoms with E-state index < -0.39 is 0 Å². The average molecular weight is 252 g/mol. The highest BCUT2D eigenvalue weighted by Gasteiger charge is 2.28. The summed E-state index contributed by atoms with van der Waals surface area (Å²) in [5, 5.41) is 0. The van der Waals surface area contributed by atoms with Gasteiger partial charge in [-0.3, -0.25) is 11.3 Å². The molecular weight excluding hydrogens is 220 g/mol. The van der Waals surface area contributed by atoms with Crippen LogP contribution >= 0.6 is 0 Å². The number of hydrazine groups is 1. The second kappa shape index (κ2) is 7.49. The van der Waals surface area contributed by atoms with Crippen LogP contribution in [-0.4, -0.2) is 6.04 Å². The highest BCUT2D eigenvalue weighted by molar-refractivity contribution is 4.83. The number of nitrogens with two attached hydrogens (primary N) is 1. The van der Waals surface area contributed by atoms with E-state index in [1.165, 1.54) is 70.6 Å². The zero-order valence-electron chi connectivity index (χ0n) is 12.2. The van der Waals surface area contributed by atoms with Crippen LogP contribution < -0.4 is 11.3 Å². The summed E-state index contributed by atoms with van der Waals surface area (Å²) in [5.74, 6) is 8.63. The fourth-order valence-corrected chi connectivity index (χ4v) is 4.18. The molecular formula is C16H32N2. The molecule has 0 radical (unpaired) electrons. The zero-order chi connectivity index (χ0) is 12.8. The summed E-state index contributed by atoms with van der Waals surface area (Å²) in [4.78, 5) is 0. The Morgan fingerprint density at radius 2 is 1.61 bits per heavy atom. The minimum absolute atomic E-state index is 0.589. The van der Waals surface area contributed by atoms with Gasteiger partial charge in [0.15, 0.2) is 0 Å². The zero-order valence-corrected chi connectivity index (χ0v) is 12.2. The third-order valence-corrected chi connectivity index (χ3v) is 5.56. The molecule has 1 unspecified atom stereocenters. The quantitative estimate of drug-likeness (QED) is 0.573. The number of hydrogen-bond acceptors (Lipinski definition) is 2. The minimum Gasteiger partial charge on any atom is -0.271 e. The minimum atomic E-state index is 0.589. The average Bonchev–Trinajstić information content (AvgIpc) is 2.46. The van der Waals surface area contributed by atoms with Gasteiger partial charge in [0, 0.05) is 6.04 Å². The van der Waals surface area contributed by atoms with Gasteiger partial charge in [-0.1, -0.05) is 58.3 Å². The molecule has 0 aromatic heterocycles. The predicted molar refractivity (Wildman–Crippen MR) is 78.0 cm³/mol. The van der Waals surface area contributed by atoms with Crippen LogP contribution in [0.2, 0.25) is 0 Å². The van der Waals surface area contributed by atoms with Gasteiger partial charge in [-0.05, 0) is 37.0 Å². The van der Waals surface area contributed by atoms with Crippen LogP contribution in [0.1, 0.15) is 77.6 Å². The fraction of sp³-hybridized carbons (Fsp3) is 1.00. The van der Waals surface area contributed by atoms with Crippen molar-refractivity contribution in [2.45, 2.75) is 83.6 Å². The third kappa shape index (κ3) is 3.96. The fourth-order valence-electron chi connectivity index (χ4n) is 4.18. The lowest BCUT2D eigenvalue weighted by atomic mass is 9.74. The maximum Gasteiger partial charge on any atom is 0.0241 e. The van der Waals surface area contributed by atoms with Crippen LogP contribution in [0.3, 0.4) is 0 Å². The van der Waals surface area contributed by atoms with E-state index in [0.29, 0.717) is 6.04 Å². The lowest BCUT2D eigenvalue weighted by Gasteiger charge is -2.35. The van der Waals surface area contributed by atoms with Gasteiger partial charge in [-0.2, -0.15) is 0 Å². The Bertz CT molecular complexity index is 215. The smallest absolute Gasteiger partial charge is 0.0241 e. The molecule has 3 N–H and O–H groups in total. The Morgan fingerprint density at radius 3 is 2.17 bits per heavy atom. The second-order valence-corrected chi connectivity index (χ2v) is 6.70. The number of hydrogen-bond donors (Lipinski definition) is 2. The van der Waals surface area contributed by atoms with Gasteiger partial charge in [0.2, 0.25) is 0 Å². The van der Waals surface area contributed by atoms with E-state index in [2.05, 4.69) is 12.3 Å². The molecule has 2 nitrogen and oxygen atoms in total. The summed E-state index contributed by atoms with van der Waals surface area (Å²) >= 11 is 0. The summed E-state index contributed by atoms with van der Waals surface area (Å²) in [7, 11) is 0. The molecule has 106 valence electrons. The van der Waals surface area contributed by atoms with Crippen LogP contribution in [0.15, 0.2) is 0 Å². The van der Waals surface area contributed by atoms with E-state index in [0.717, 1.165) is 17.8 Å². The van der Waals surface area contributed by atoms with Gasteiger partial charge in [0.05, 0.1) is 0 Å². The molecule has 0 saturated heterocycles. The lowest BCUT2D eigenvalue weighted by molar-refractivity contribution is 0.184. The number of nitrogens with one attached hydrogen (secondary N) is 1. The lowest BCUT2D eigenvalue weighted by Crippen LogP contribution is -2.43. The Kier molecular flexibility index (Phi) is 5.97. The van der Waals surface area contributed by atoms with Crippen molar-refractivity contribution in [2.75, 3.05) is 0 Å². The molecule has 2 aliphatic carbocycles. The third-order valence-electron chi connectivity index (χ3n) is 5.56. The van der Waals surface area contributed by atoms with Gasteiger partial charge in [-0.25, -0.2) is 0 Å². The Morgan fingerprint density at radius 1 is 0.944 bits per heavy atom. The molecule has 0 amide bonds. The van der Waals surface area contributed by atoms with Crippen molar-refractivity contribution in [3.8, 4) is 0 Å². The molecule has 0 spiro atoms. The second-order valence-electron chi connectivity index (χ2n) is 6.70. The highest BCUT2D eigenvalue weighted by atomic mass is 15.2. The first-order chi connectivity index (χ1) is 8.83. The summed E-state index contributed by atoms with van der Waals surface area (Å²) in [6.45, 7) is 2.34. The Labute approximate surface area is 113 Å². The molecule has 2 rings (SSSR count). The van der Waals surface area contributed by atoms with E-state index in [4.69, 9.17) is 5.84 Å². The number of rotatable bonds is 5. The van der Waals surface area contributed by atoms with E-state index in [1.807, 2.05) is 0 Å². The SMILES string of the molecule is CCC1CCC(C(CC2CCCCC2)NN)CC1. The molecule has 0 aliphatic heterocycles. The summed E-state index contributed by atoms with van der Waals surface area (Å²) in [5.41, 5.74) is 3.15. The standard InChI is InChI=1S/C16H32N2/c1-2-13-8-10-15(11-9-13)16(18-17)12-14-6-4-3-5-7-14/h13-16,18H,2-12,17H2,1H3. The van der Waals surface area contributed by atoms with Gasteiger partial charge < -0.3 is 0 Å². The van der Waals surface area contributed by atoms with Crippen molar-refractivity contribution < 1.29 is 0 Å². The monoisotopic (exact) mass is 252 g/mol. The topological polar surface area (TPSA) is 38.0 Å². The molecule has 0 bridgehead atoms.